The molecular formula is C27H27N9O2. The van der Waals surface area contributed by atoms with Crippen LogP contribution < -0.4 is 11.2 Å². The number of benzene rings is 3. The van der Waals surface area contributed by atoms with Crippen molar-refractivity contribution >= 4 is 39.5 Å². The van der Waals surface area contributed by atoms with Gasteiger partial charge in [-0.2, -0.15) is 9.78 Å². The Morgan fingerprint density at radius 3 is 2.45 bits per heavy atom. The summed E-state index contributed by atoms with van der Waals surface area (Å²) in [4.78, 5) is 15.6. The number of nitrogens with zero attached hydrogens (tertiary/aromatic N) is 7. The smallest absolute Gasteiger partial charge is 0.293 e. The van der Waals surface area contributed by atoms with Gasteiger partial charge in [-0.05, 0) is 69.8 Å². The fourth-order valence-corrected chi connectivity index (χ4v) is 4.96. The number of amides is 1. The first-order valence-corrected chi connectivity index (χ1v) is 12.6. The number of carbonyl (C=O) groups is 1. The van der Waals surface area contributed by atoms with Gasteiger partial charge in [0.15, 0.2) is 5.69 Å². The van der Waals surface area contributed by atoms with Crippen molar-refractivity contribution in [2.75, 3.05) is 18.8 Å². The summed E-state index contributed by atoms with van der Waals surface area (Å²) >= 11 is 0. The first kappa shape index (κ1) is 23.7. The van der Waals surface area contributed by atoms with Crippen molar-refractivity contribution in [3.05, 3.63) is 71.5 Å². The summed E-state index contributed by atoms with van der Waals surface area (Å²) in [7, 11) is 0. The number of anilines is 1. The van der Waals surface area contributed by atoms with Gasteiger partial charge in [-0.1, -0.05) is 60.7 Å². The minimum Gasteiger partial charge on any atom is -0.378 e. The van der Waals surface area contributed by atoms with E-state index in [2.05, 4.69) is 61.2 Å². The van der Waals surface area contributed by atoms with Crippen LogP contribution in [0.5, 0.6) is 0 Å². The Hall–Kier alpha value is -4.64. The van der Waals surface area contributed by atoms with Crippen LogP contribution in [-0.4, -0.2) is 55.4 Å². The summed E-state index contributed by atoms with van der Waals surface area (Å²) in [5.41, 5.74) is 10.2. The van der Waals surface area contributed by atoms with E-state index in [1.165, 1.54) is 4.68 Å². The maximum Gasteiger partial charge on any atom is 0.293 e. The van der Waals surface area contributed by atoms with Crippen LogP contribution in [0, 0.1) is 5.92 Å². The fraction of sp³-hybridized carbons (Fsp3) is 0.259. The van der Waals surface area contributed by atoms with Crippen molar-refractivity contribution in [1.29, 1.82) is 0 Å². The number of hydrogen-bond donors (Lipinski definition) is 2. The molecule has 3 aromatic carbocycles. The first-order valence-electron chi connectivity index (χ1n) is 12.6. The van der Waals surface area contributed by atoms with E-state index in [-0.39, 0.29) is 17.3 Å². The van der Waals surface area contributed by atoms with Crippen LogP contribution in [-0.2, 0) is 6.54 Å². The molecule has 11 nitrogen and oxygen atoms in total. The summed E-state index contributed by atoms with van der Waals surface area (Å²) < 4.78 is 6.18. The van der Waals surface area contributed by atoms with Gasteiger partial charge in [-0.15, -0.1) is 5.10 Å². The van der Waals surface area contributed by atoms with Crippen molar-refractivity contribution in [2.24, 2.45) is 11.0 Å². The summed E-state index contributed by atoms with van der Waals surface area (Å²) in [6.07, 6.45) is 3.85. The van der Waals surface area contributed by atoms with E-state index in [4.69, 9.17) is 10.4 Å². The highest BCUT2D eigenvalue weighted by Gasteiger charge is 2.27. The van der Waals surface area contributed by atoms with Crippen molar-refractivity contribution in [3.63, 3.8) is 0 Å². The van der Waals surface area contributed by atoms with E-state index in [9.17, 15) is 4.79 Å². The molecule has 38 heavy (non-hydrogen) atoms. The van der Waals surface area contributed by atoms with Gasteiger partial charge in [-0.3, -0.25) is 9.69 Å². The summed E-state index contributed by atoms with van der Waals surface area (Å²) in [5, 5.41) is 24.4. The normalized spacial score (nSPS) is 15.1. The molecule has 0 aliphatic carbocycles. The van der Waals surface area contributed by atoms with E-state index in [0.717, 1.165) is 53.0 Å². The predicted molar refractivity (Wildman–Crippen MR) is 144 cm³/mol. The Balaban J connectivity index is 1.31. The molecule has 192 valence electrons. The van der Waals surface area contributed by atoms with E-state index in [0.29, 0.717) is 18.2 Å². The third-order valence-corrected chi connectivity index (χ3v) is 7.10. The monoisotopic (exact) mass is 509 g/mol. The second kappa shape index (κ2) is 10.0. The van der Waals surface area contributed by atoms with E-state index in [1.54, 1.807) is 6.21 Å². The van der Waals surface area contributed by atoms with Gasteiger partial charge >= 0.3 is 0 Å². The zero-order chi connectivity index (χ0) is 26.1. The standard InChI is InChI=1S/C27H27N9O2/c1-17-10-12-35(13-11-17)16-23-24(30-34-36(23)26-25(28)32-38-33-26)27(37)31-29-15-22-20-8-4-2-6-18(20)14-19-7-3-5-9-21(19)22/h2-9,14-15,17H,10-13,16H2,1H3,(H2,28,32)(H,31,37)/b29-15+. The van der Waals surface area contributed by atoms with Crippen LogP contribution in [0.15, 0.2) is 64.3 Å². The number of likely N-dealkylation sites (tertiary alicyclic amines) is 1. The minimum atomic E-state index is -0.479. The topological polar surface area (TPSA) is 140 Å². The largest absolute Gasteiger partial charge is 0.378 e. The molecular weight excluding hydrogens is 482 g/mol. The molecule has 1 aliphatic heterocycles. The van der Waals surface area contributed by atoms with Crippen LogP contribution in [0.4, 0.5) is 5.82 Å². The number of carbonyl (C=O) groups excluding carboxylic acids is 1. The molecule has 11 heteroatoms. The second-order valence-electron chi connectivity index (χ2n) is 9.66. The van der Waals surface area contributed by atoms with E-state index >= 15 is 0 Å². The number of nitrogens with two attached hydrogens (primary N) is 1. The molecule has 5 aromatic rings. The molecule has 0 saturated carbocycles. The highest BCUT2D eigenvalue weighted by molar-refractivity contribution is 6.13. The fourth-order valence-electron chi connectivity index (χ4n) is 4.96. The lowest BCUT2D eigenvalue weighted by atomic mass is 9.97. The van der Waals surface area contributed by atoms with Crippen LogP contribution >= 0.6 is 0 Å². The van der Waals surface area contributed by atoms with Crippen molar-refractivity contribution in [1.82, 2.24) is 35.6 Å². The molecule has 0 bridgehead atoms. The van der Waals surface area contributed by atoms with Gasteiger partial charge in [0, 0.05) is 12.1 Å². The maximum absolute atomic E-state index is 13.3. The number of aromatic nitrogens is 5. The van der Waals surface area contributed by atoms with Gasteiger partial charge in [0.25, 0.3) is 5.91 Å². The number of hydrazone groups is 1. The molecule has 0 radical (unpaired) electrons. The first-order chi connectivity index (χ1) is 18.6. The number of hydrogen-bond acceptors (Lipinski definition) is 9. The SMILES string of the molecule is CC1CCN(Cc2c(C(=O)N/N=C/c3c4ccccc4cc4ccccc34)nnn2-c2nonc2N)CC1. The van der Waals surface area contributed by atoms with Crippen molar-refractivity contribution in [2.45, 2.75) is 26.3 Å². The lowest BCUT2D eigenvalue weighted by molar-refractivity contribution is 0.0947. The Morgan fingerprint density at radius 1 is 1.11 bits per heavy atom. The maximum atomic E-state index is 13.3. The molecule has 3 N–H and O–H groups in total. The summed E-state index contributed by atoms with van der Waals surface area (Å²) in [6.45, 7) is 4.52. The molecule has 1 amide bonds. The quantitative estimate of drug-likeness (QED) is 0.201. The Bertz CT molecular complexity index is 1590. The molecule has 0 spiro atoms. The minimum absolute atomic E-state index is 0.0660. The van der Waals surface area contributed by atoms with Crippen LogP contribution in [0.2, 0.25) is 0 Å². The number of fused-ring (bicyclic) bond motifs is 2. The molecule has 1 saturated heterocycles. The van der Waals surface area contributed by atoms with E-state index in [1.807, 2.05) is 36.4 Å². The second-order valence-corrected chi connectivity index (χ2v) is 9.66. The Morgan fingerprint density at radius 2 is 1.79 bits per heavy atom. The van der Waals surface area contributed by atoms with E-state index < -0.39 is 5.91 Å². The third kappa shape index (κ3) is 4.48. The van der Waals surface area contributed by atoms with Gasteiger partial charge in [-0.25, -0.2) is 10.1 Å². The molecule has 3 heterocycles. The van der Waals surface area contributed by atoms with Crippen molar-refractivity contribution in [3.8, 4) is 5.82 Å². The number of piperidine rings is 1. The Kier molecular flexibility index (Phi) is 6.26. The van der Waals surface area contributed by atoms with Gasteiger partial charge in [0.2, 0.25) is 11.6 Å². The molecule has 2 aromatic heterocycles. The molecule has 0 atom stereocenters. The summed E-state index contributed by atoms with van der Waals surface area (Å²) in [6, 6.07) is 18.4. The van der Waals surface area contributed by atoms with Gasteiger partial charge < -0.3 is 5.73 Å². The van der Waals surface area contributed by atoms with Gasteiger partial charge in [0.1, 0.15) is 0 Å². The number of rotatable bonds is 6. The Labute approximate surface area is 218 Å². The molecule has 1 aliphatic rings. The number of nitrogen functional groups attached to an aromatic ring is 1. The highest BCUT2D eigenvalue weighted by Crippen LogP contribution is 2.27. The van der Waals surface area contributed by atoms with Crippen LogP contribution in [0.1, 0.15) is 41.5 Å². The molecule has 0 unspecified atom stereocenters. The lowest BCUT2D eigenvalue weighted by Gasteiger charge is -2.30. The lowest BCUT2D eigenvalue weighted by Crippen LogP contribution is -2.34. The third-order valence-electron chi connectivity index (χ3n) is 7.10. The number of nitrogens with one attached hydrogen (secondary N) is 1. The zero-order valence-corrected chi connectivity index (χ0v) is 20.9. The average Bonchev–Trinajstić information content (AvgIpc) is 3.55. The van der Waals surface area contributed by atoms with Gasteiger partial charge in [0.05, 0.1) is 11.9 Å². The predicted octanol–water partition coefficient (Wildman–Crippen LogP) is 3.53. The average molecular weight is 510 g/mol. The molecule has 1 fully saturated rings. The van der Waals surface area contributed by atoms with Crippen LogP contribution in [0.3, 0.4) is 0 Å². The zero-order valence-electron chi connectivity index (χ0n) is 20.9. The molecule has 6 rings (SSSR count). The summed E-state index contributed by atoms with van der Waals surface area (Å²) in [5.74, 6) is 0.457. The highest BCUT2D eigenvalue weighted by atomic mass is 16.6. The van der Waals surface area contributed by atoms with Crippen molar-refractivity contribution < 1.29 is 9.42 Å². The van der Waals surface area contributed by atoms with Crippen LogP contribution in [0.25, 0.3) is 27.4 Å².